The van der Waals surface area contributed by atoms with Crippen LogP contribution in [0.15, 0.2) is 65.7 Å². The van der Waals surface area contributed by atoms with Gasteiger partial charge >= 0.3 is 0 Å². The minimum Gasteiger partial charge on any atom is -0.495 e. The van der Waals surface area contributed by atoms with E-state index in [-0.39, 0.29) is 16.4 Å². The average molecular weight is 495 g/mol. The molecule has 184 valence electrons. The monoisotopic (exact) mass is 494 g/mol. The lowest BCUT2D eigenvalue weighted by molar-refractivity contribution is 0.0950. The van der Waals surface area contributed by atoms with Crippen LogP contribution in [0, 0.1) is 6.92 Å². The number of carbonyl (C=O) groups excluding carboxylic acids is 1. The highest BCUT2D eigenvalue weighted by Gasteiger charge is 2.21. The maximum absolute atomic E-state index is 13.2. The molecule has 9 heteroatoms. The molecule has 1 saturated heterocycles. The van der Waals surface area contributed by atoms with Crippen molar-refractivity contribution in [2.45, 2.75) is 37.6 Å². The van der Waals surface area contributed by atoms with E-state index in [0.717, 1.165) is 37.3 Å². The van der Waals surface area contributed by atoms with Gasteiger partial charge in [-0.05, 0) is 62.1 Å². The van der Waals surface area contributed by atoms with Crippen molar-refractivity contribution in [3.63, 3.8) is 0 Å². The number of rotatable bonds is 8. The fourth-order valence-corrected chi connectivity index (χ4v) is 5.54. The van der Waals surface area contributed by atoms with E-state index in [1.54, 1.807) is 49.5 Å². The van der Waals surface area contributed by atoms with E-state index < -0.39 is 10.0 Å². The number of pyridine rings is 1. The predicted molar refractivity (Wildman–Crippen MR) is 136 cm³/mol. The second-order valence-corrected chi connectivity index (χ2v) is 10.2. The van der Waals surface area contributed by atoms with Gasteiger partial charge in [0.05, 0.1) is 17.7 Å². The van der Waals surface area contributed by atoms with E-state index in [1.807, 2.05) is 12.1 Å². The Hall–Kier alpha value is -3.59. The molecule has 2 N–H and O–H groups in total. The zero-order chi connectivity index (χ0) is 24.8. The van der Waals surface area contributed by atoms with Crippen LogP contribution in [0.5, 0.6) is 5.75 Å². The number of nitrogens with zero attached hydrogens (tertiary/aromatic N) is 2. The average Bonchev–Trinajstić information content (AvgIpc) is 2.88. The maximum atomic E-state index is 13.2. The number of methoxy groups -OCH3 is 1. The minimum atomic E-state index is -3.95. The van der Waals surface area contributed by atoms with Crippen molar-refractivity contribution in [1.82, 2.24) is 10.3 Å². The molecular weight excluding hydrogens is 464 g/mol. The molecule has 8 nitrogen and oxygen atoms in total. The van der Waals surface area contributed by atoms with E-state index >= 15 is 0 Å². The summed E-state index contributed by atoms with van der Waals surface area (Å²) in [5.41, 5.74) is 2.05. The molecule has 0 aliphatic carbocycles. The van der Waals surface area contributed by atoms with Gasteiger partial charge in [-0.2, -0.15) is 0 Å². The normalized spacial score (nSPS) is 13.8. The summed E-state index contributed by atoms with van der Waals surface area (Å²) in [5, 5.41) is 2.92. The van der Waals surface area contributed by atoms with Gasteiger partial charge in [-0.1, -0.05) is 24.3 Å². The molecule has 2 heterocycles. The number of anilines is 2. The summed E-state index contributed by atoms with van der Waals surface area (Å²) in [7, 11) is -2.47. The first-order valence-electron chi connectivity index (χ1n) is 11.6. The van der Waals surface area contributed by atoms with Crippen molar-refractivity contribution in [2.24, 2.45) is 0 Å². The molecule has 1 aliphatic rings. The first-order chi connectivity index (χ1) is 16.9. The number of benzene rings is 2. The highest BCUT2D eigenvalue weighted by atomic mass is 32.2. The van der Waals surface area contributed by atoms with E-state index in [4.69, 9.17) is 4.74 Å². The molecule has 0 radical (unpaired) electrons. The second-order valence-electron chi connectivity index (χ2n) is 8.50. The van der Waals surface area contributed by atoms with E-state index in [0.29, 0.717) is 23.5 Å². The number of nitrogens with one attached hydrogen (secondary N) is 2. The fraction of sp³-hybridized carbons (Fsp3) is 0.308. The molecule has 1 fully saturated rings. The number of amides is 1. The number of ether oxygens (including phenoxy) is 1. The molecule has 1 aliphatic heterocycles. The Balaban J connectivity index is 1.51. The van der Waals surface area contributed by atoms with Gasteiger partial charge in [0.25, 0.3) is 15.9 Å². The van der Waals surface area contributed by atoms with Gasteiger partial charge in [0, 0.05) is 37.0 Å². The second kappa shape index (κ2) is 10.8. The van der Waals surface area contributed by atoms with Crippen LogP contribution in [-0.4, -0.2) is 39.5 Å². The van der Waals surface area contributed by atoms with Crippen LogP contribution in [0.3, 0.4) is 0 Å². The number of aryl methyl sites for hydroxylation is 1. The van der Waals surface area contributed by atoms with E-state index in [1.165, 1.54) is 19.6 Å². The Morgan fingerprint density at radius 2 is 1.83 bits per heavy atom. The van der Waals surface area contributed by atoms with Crippen molar-refractivity contribution >= 4 is 27.4 Å². The molecule has 1 aromatic heterocycles. The third kappa shape index (κ3) is 5.74. The van der Waals surface area contributed by atoms with Gasteiger partial charge < -0.3 is 15.0 Å². The lowest BCUT2D eigenvalue weighted by Crippen LogP contribution is -2.32. The Morgan fingerprint density at radius 3 is 2.60 bits per heavy atom. The highest BCUT2D eigenvalue weighted by Crippen LogP contribution is 2.28. The van der Waals surface area contributed by atoms with Crippen LogP contribution < -0.4 is 19.7 Å². The number of piperidine rings is 1. The van der Waals surface area contributed by atoms with E-state index in [9.17, 15) is 13.2 Å². The molecular formula is C26H30N4O4S. The van der Waals surface area contributed by atoms with Crippen molar-refractivity contribution in [1.29, 1.82) is 0 Å². The first-order valence-corrected chi connectivity index (χ1v) is 13.1. The first kappa shape index (κ1) is 24.5. The topological polar surface area (TPSA) is 101 Å². The maximum Gasteiger partial charge on any atom is 0.262 e. The Kier molecular flexibility index (Phi) is 7.55. The predicted octanol–water partition coefficient (Wildman–Crippen LogP) is 4.12. The van der Waals surface area contributed by atoms with E-state index in [2.05, 4.69) is 19.9 Å². The Morgan fingerprint density at radius 1 is 1.06 bits per heavy atom. The molecule has 0 atom stereocenters. The lowest BCUT2D eigenvalue weighted by Gasteiger charge is -2.29. The van der Waals surface area contributed by atoms with Crippen LogP contribution in [0.25, 0.3) is 0 Å². The molecule has 4 rings (SSSR count). The summed E-state index contributed by atoms with van der Waals surface area (Å²) >= 11 is 0. The number of sulfonamides is 1. The van der Waals surface area contributed by atoms with Gasteiger partial charge in [-0.3, -0.25) is 9.52 Å². The standard InChI is InChI=1S/C26H30N4O4S/c1-19-12-13-20(17-24(19)35(32,33)29-22-10-4-5-11-23(22)34-2)26(31)28-18-21-9-8-14-27-25(21)30-15-6-3-7-16-30/h4-5,8-14,17,29H,3,6-7,15-16,18H2,1-2H3,(H,28,31). The van der Waals surface area contributed by atoms with Crippen molar-refractivity contribution in [2.75, 3.05) is 29.8 Å². The SMILES string of the molecule is COc1ccccc1NS(=O)(=O)c1cc(C(=O)NCc2cccnc2N2CCCCC2)ccc1C. The number of hydrogen-bond donors (Lipinski definition) is 2. The summed E-state index contributed by atoms with van der Waals surface area (Å²) in [4.78, 5) is 19.8. The summed E-state index contributed by atoms with van der Waals surface area (Å²) in [5.74, 6) is 0.941. The van der Waals surface area contributed by atoms with Crippen LogP contribution in [-0.2, 0) is 16.6 Å². The quantitative estimate of drug-likeness (QED) is 0.489. The molecule has 0 saturated carbocycles. The fourth-order valence-electron chi connectivity index (χ4n) is 4.20. The largest absolute Gasteiger partial charge is 0.495 e. The molecule has 3 aromatic rings. The van der Waals surface area contributed by atoms with Crippen LogP contribution in [0.4, 0.5) is 11.5 Å². The van der Waals surface area contributed by atoms with Gasteiger partial charge in [0.15, 0.2) is 0 Å². The molecule has 0 unspecified atom stereocenters. The molecule has 0 bridgehead atoms. The molecule has 0 spiro atoms. The zero-order valence-electron chi connectivity index (χ0n) is 20.0. The summed E-state index contributed by atoms with van der Waals surface area (Å²) in [6.07, 6.45) is 5.25. The highest BCUT2D eigenvalue weighted by molar-refractivity contribution is 7.92. The number of para-hydroxylation sites is 2. The minimum absolute atomic E-state index is 0.0337. The molecule has 35 heavy (non-hydrogen) atoms. The molecule has 2 aromatic carbocycles. The zero-order valence-corrected chi connectivity index (χ0v) is 20.8. The number of carbonyl (C=O) groups is 1. The van der Waals surface area contributed by atoms with Gasteiger partial charge in [0.2, 0.25) is 0 Å². The van der Waals surface area contributed by atoms with Crippen LogP contribution >= 0.6 is 0 Å². The Bertz CT molecular complexity index is 1300. The third-order valence-electron chi connectivity index (χ3n) is 6.05. The van der Waals surface area contributed by atoms with Crippen molar-refractivity contribution in [3.05, 3.63) is 77.5 Å². The third-order valence-corrected chi connectivity index (χ3v) is 7.56. The summed E-state index contributed by atoms with van der Waals surface area (Å²) in [6, 6.07) is 15.2. The Labute approximate surface area is 206 Å². The van der Waals surface area contributed by atoms with Crippen molar-refractivity contribution < 1.29 is 17.9 Å². The molecule has 1 amide bonds. The smallest absolute Gasteiger partial charge is 0.262 e. The van der Waals surface area contributed by atoms with Gasteiger partial charge in [-0.15, -0.1) is 0 Å². The number of hydrogen-bond acceptors (Lipinski definition) is 6. The number of aromatic nitrogens is 1. The van der Waals surface area contributed by atoms with Crippen LogP contribution in [0.1, 0.15) is 40.7 Å². The summed E-state index contributed by atoms with van der Waals surface area (Å²) < 4.78 is 34.1. The van der Waals surface area contributed by atoms with Gasteiger partial charge in [0.1, 0.15) is 11.6 Å². The summed E-state index contributed by atoms with van der Waals surface area (Å²) in [6.45, 7) is 3.90. The van der Waals surface area contributed by atoms with Crippen LogP contribution in [0.2, 0.25) is 0 Å². The lowest BCUT2D eigenvalue weighted by atomic mass is 10.1. The van der Waals surface area contributed by atoms with Gasteiger partial charge in [-0.25, -0.2) is 13.4 Å². The van der Waals surface area contributed by atoms with Crippen molar-refractivity contribution in [3.8, 4) is 5.75 Å².